The van der Waals surface area contributed by atoms with Crippen molar-refractivity contribution < 1.29 is 23.1 Å². The van der Waals surface area contributed by atoms with Gasteiger partial charge in [-0.15, -0.1) is 0 Å². The number of hydrogen-bond acceptors (Lipinski definition) is 4. The standard InChI is InChI=1S/C22H23F2N3O3/c1-15(28)26(11-12-30-2)14-22(29)27-21(18-5-3-4-6-19(18)24)13-20(25-27)16-7-9-17(23)10-8-16/h3-10,21H,11-14H2,1-2H3/t21-/m0/s1. The van der Waals surface area contributed by atoms with Crippen molar-refractivity contribution >= 4 is 17.5 Å². The van der Waals surface area contributed by atoms with Crippen LogP contribution < -0.4 is 0 Å². The molecule has 3 rings (SSSR count). The first-order valence-electron chi connectivity index (χ1n) is 9.55. The number of ether oxygens (including phenoxy) is 1. The molecular weight excluding hydrogens is 392 g/mol. The number of rotatable bonds is 7. The second kappa shape index (κ2) is 9.58. The van der Waals surface area contributed by atoms with Crippen molar-refractivity contribution in [3.63, 3.8) is 0 Å². The van der Waals surface area contributed by atoms with Crippen molar-refractivity contribution in [2.24, 2.45) is 5.10 Å². The van der Waals surface area contributed by atoms with Gasteiger partial charge in [0.15, 0.2) is 0 Å². The number of carbonyl (C=O) groups excluding carboxylic acids is 2. The molecule has 0 unspecified atom stereocenters. The van der Waals surface area contributed by atoms with Crippen molar-refractivity contribution in [3.8, 4) is 0 Å². The zero-order chi connectivity index (χ0) is 21.7. The molecule has 0 spiro atoms. The van der Waals surface area contributed by atoms with Crippen molar-refractivity contribution in [2.45, 2.75) is 19.4 Å². The lowest BCUT2D eigenvalue weighted by Gasteiger charge is -2.26. The Morgan fingerprint density at radius 2 is 1.87 bits per heavy atom. The lowest BCUT2D eigenvalue weighted by atomic mass is 9.98. The molecule has 0 saturated carbocycles. The van der Waals surface area contributed by atoms with Crippen LogP contribution >= 0.6 is 0 Å². The molecule has 0 aromatic heterocycles. The number of halogens is 2. The van der Waals surface area contributed by atoms with Crippen LogP contribution in [0.5, 0.6) is 0 Å². The van der Waals surface area contributed by atoms with Crippen LogP contribution in [0.15, 0.2) is 53.6 Å². The lowest BCUT2D eigenvalue weighted by Crippen LogP contribution is -2.41. The third kappa shape index (κ3) is 4.88. The Morgan fingerprint density at radius 3 is 2.50 bits per heavy atom. The third-order valence-corrected chi connectivity index (χ3v) is 4.94. The van der Waals surface area contributed by atoms with Gasteiger partial charge in [-0.3, -0.25) is 9.59 Å². The number of hydrazone groups is 1. The molecule has 1 heterocycles. The highest BCUT2D eigenvalue weighted by Crippen LogP contribution is 2.34. The molecule has 0 fully saturated rings. The van der Waals surface area contributed by atoms with Gasteiger partial charge < -0.3 is 9.64 Å². The van der Waals surface area contributed by atoms with E-state index in [1.54, 1.807) is 30.3 Å². The molecule has 1 aliphatic rings. The SMILES string of the molecule is COCCN(CC(=O)N1N=C(c2ccc(F)cc2)C[C@H]1c1ccccc1F)C(C)=O. The predicted molar refractivity (Wildman–Crippen MR) is 108 cm³/mol. The van der Waals surface area contributed by atoms with E-state index in [1.807, 2.05) is 0 Å². The van der Waals surface area contributed by atoms with Crippen LogP contribution in [0.25, 0.3) is 0 Å². The number of hydrogen-bond donors (Lipinski definition) is 0. The minimum Gasteiger partial charge on any atom is -0.383 e. The van der Waals surface area contributed by atoms with Gasteiger partial charge in [-0.25, -0.2) is 13.8 Å². The molecule has 0 saturated heterocycles. The minimum absolute atomic E-state index is 0.205. The molecule has 0 N–H and O–H groups in total. The molecule has 0 aliphatic carbocycles. The second-order valence-electron chi connectivity index (χ2n) is 6.97. The van der Waals surface area contributed by atoms with Crippen LogP contribution in [0, 0.1) is 11.6 Å². The Morgan fingerprint density at radius 1 is 1.17 bits per heavy atom. The molecule has 0 bridgehead atoms. The summed E-state index contributed by atoms with van der Waals surface area (Å²) in [5.41, 5.74) is 1.52. The van der Waals surface area contributed by atoms with Crippen LogP contribution in [-0.2, 0) is 14.3 Å². The summed E-state index contributed by atoms with van der Waals surface area (Å²) in [5, 5.41) is 5.64. The highest BCUT2D eigenvalue weighted by Gasteiger charge is 2.35. The summed E-state index contributed by atoms with van der Waals surface area (Å²) in [6.45, 7) is 1.70. The van der Waals surface area contributed by atoms with Crippen LogP contribution in [-0.4, -0.2) is 54.2 Å². The summed E-state index contributed by atoms with van der Waals surface area (Å²) in [4.78, 5) is 26.3. The molecule has 8 heteroatoms. The Hall–Kier alpha value is -3.13. The average Bonchev–Trinajstić information content (AvgIpc) is 3.17. The Kier molecular flexibility index (Phi) is 6.89. The van der Waals surface area contributed by atoms with E-state index in [1.165, 1.54) is 42.1 Å². The van der Waals surface area contributed by atoms with Crippen molar-refractivity contribution in [2.75, 3.05) is 26.8 Å². The van der Waals surface area contributed by atoms with Crippen LogP contribution in [0.2, 0.25) is 0 Å². The van der Waals surface area contributed by atoms with Gasteiger partial charge in [0.2, 0.25) is 5.91 Å². The molecule has 30 heavy (non-hydrogen) atoms. The van der Waals surface area contributed by atoms with Gasteiger partial charge in [0.25, 0.3) is 5.91 Å². The Balaban J connectivity index is 1.91. The monoisotopic (exact) mass is 415 g/mol. The maximum atomic E-state index is 14.5. The van der Waals surface area contributed by atoms with Gasteiger partial charge >= 0.3 is 0 Å². The summed E-state index contributed by atoms with van der Waals surface area (Å²) in [7, 11) is 1.51. The van der Waals surface area contributed by atoms with E-state index in [0.717, 1.165) is 0 Å². The number of methoxy groups -OCH3 is 1. The molecule has 1 aliphatic heterocycles. The van der Waals surface area contributed by atoms with Crippen molar-refractivity contribution in [1.82, 2.24) is 9.91 Å². The smallest absolute Gasteiger partial charge is 0.262 e. The van der Waals surface area contributed by atoms with E-state index >= 15 is 0 Å². The maximum absolute atomic E-state index is 14.5. The van der Waals surface area contributed by atoms with Gasteiger partial charge in [0.1, 0.15) is 18.2 Å². The Bertz CT molecular complexity index is 947. The van der Waals surface area contributed by atoms with Gasteiger partial charge in [-0.2, -0.15) is 5.10 Å². The first-order valence-corrected chi connectivity index (χ1v) is 9.55. The fraction of sp³-hybridized carbons (Fsp3) is 0.318. The van der Waals surface area contributed by atoms with E-state index in [0.29, 0.717) is 16.8 Å². The van der Waals surface area contributed by atoms with Crippen molar-refractivity contribution in [3.05, 3.63) is 71.3 Å². The van der Waals surface area contributed by atoms with Gasteiger partial charge in [-0.1, -0.05) is 30.3 Å². The van der Waals surface area contributed by atoms with E-state index in [4.69, 9.17) is 4.74 Å². The average molecular weight is 415 g/mol. The minimum atomic E-state index is -0.657. The molecule has 6 nitrogen and oxygen atoms in total. The number of benzene rings is 2. The maximum Gasteiger partial charge on any atom is 0.262 e. The van der Waals surface area contributed by atoms with E-state index in [-0.39, 0.29) is 37.8 Å². The second-order valence-corrected chi connectivity index (χ2v) is 6.97. The normalized spacial score (nSPS) is 15.8. The van der Waals surface area contributed by atoms with Gasteiger partial charge in [0.05, 0.1) is 18.4 Å². The predicted octanol–water partition coefficient (Wildman–Crippen LogP) is 3.14. The van der Waals surface area contributed by atoms with Crippen LogP contribution in [0.4, 0.5) is 8.78 Å². The van der Waals surface area contributed by atoms with Crippen molar-refractivity contribution in [1.29, 1.82) is 0 Å². The molecule has 2 aromatic rings. The third-order valence-electron chi connectivity index (χ3n) is 4.94. The molecular formula is C22H23F2N3O3. The summed E-state index contributed by atoms with van der Waals surface area (Å²) in [5.74, 6) is -1.54. The fourth-order valence-electron chi connectivity index (χ4n) is 3.33. The highest BCUT2D eigenvalue weighted by atomic mass is 19.1. The zero-order valence-corrected chi connectivity index (χ0v) is 16.8. The van der Waals surface area contributed by atoms with Gasteiger partial charge in [0, 0.05) is 32.6 Å². The fourth-order valence-corrected chi connectivity index (χ4v) is 3.33. The highest BCUT2D eigenvalue weighted by molar-refractivity contribution is 6.03. The molecule has 158 valence electrons. The summed E-state index contributed by atoms with van der Waals surface area (Å²) < 4.78 is 32.8. The lowest BCUT2D eigenvalue weighted by molar-refractivity contribution is -0.141. The summed E-state index contributed by atoms with van der Waals surface area (Å²) in [6.07, 6.45) is 0.274. The topological polar surface area (TPSA) is 62.2 Å². The zero-order valence-electron chi connectivity index (χ0n) is 16.8. The molecule has 1 atom stereocenters. The van der Waals surface area contributed by atoms with E-state index < -0.39 is 17.8 Å². The number of carbonyl (C=O) groups is 2. The first-order chi connectivity index (χ1) is 14.4. The summed E-state index contributed by atoms with van der Waals surface area (Å²) in [6, 6.07) is 11.3. The molecule has 0 radical (unpaired) electrons. The molecule has 2 amide bonds. The van der Waals surface area contributed by atoms with Gasteiger partial charge in [-0.05, 0) is 23.8 Å². The molecule has 2 aromatic carbocycles. The Labute approximate surface area is 173 Å². The van der Waals surface area contributed by atoms with Crippen LogP contribution in [0.3, 0.4) is 0 Å². The largest absolute Gasteiger partial charge is 0.383 e. The number of nitrogens with zero attached hydrogens (tertiary/aromatic N) is 3. The first kappa shape index (κ1) is 21.6. The summed E-state index contributed by atoms with van der Waals surface area (Å²) >= 11 is 0. The van der Waals surface area contributed by atoms with E-state index in [9.17, 15) is 18.4 Å². The van der Waals surface area contributed by atoms with E-state index in [2.05, 4.69) is 5.10 Å². The van der Waals surface area contributed by atoms with Crippen LogP contribution in [0.1, 0.15) is 30.5 Å². The quantitative estimate of drug-likeness (QED) is 0.698. The number of amides is 2.